The van der Waals surface area contributed by atoms with Gasteiger partial charge in [-0.15, -0.1) is 0 Å². The normalized spacial score (nSPS) is 20.2. The summed E-state index contributed by atoms with van der Waals surface area (Å²) in [5, 5.41) is 10.4. The van der Waals surface area contributed by atoms with Crippen LogP contribution in [0.4, 0.5) is 11.5 Å². The molecule has 0 saturated carbocycles. The summed E-state index contributed by atoms with van der Waals surface area (Å²) in [5.41, 5.74) is 3.34. The van der Waals surface area contributed by atoms with Crippen LogP contribution >= 0.6 is 0 Å². The average molecular weight is 358 g/mol. The van der Waals surface area contributed by atoms with Crippen LogP contribution in [0.15, 0.2) is 54.7 Å². The summed E-state index contributed by atoms with van der Waals surface area (Å²) in [6.07, 6.45) is 2.72. The molecule has 0 radical (unpaired) electrons. The van der Waals surface area contributed by atoms with E-state index in [2.05, 4.69) is 22.7 Å². The highest BCUT2D eigenvalue weighted by atomic mass is 16.2. The van der Waals surface area contributed by atoms with Crippen LogP contribution in [-0.2, 0) is 21.4 Å². The van der Waals surface area contributed by atoms with E-state index in [4.69, 9.17) is 0 Å². The van der Waals surface area contributed by atoms with Crippen LogP contribution in [0.1, 0.15) is 30.0 Å². The molecule has 0 aliphatic carbocycles. The van der Waals surface area contributed by atoms with Gasteiger partial charge >= 0.3 is 0 Å². The molecule has 2 aliphatic rings. The number of hydrogen-bond donors (Lipinski definition) is 2. The average Bonchev–Trinajstić information content (AvgIpc) is 3.22. The minimum Gasteiger partial charge on any atom is -0.325 e. The molecule has 27 heavy (non-hydrogen) atoms. The molecule has 0 bridgehead atoms. The Kier molecular flexibility index (Phi) is 3.25. The Bertz CT molecular complexity index is 1080. The van der Waals surface area contributed by atoms with Crippen molar-refractivity contribution >= 4 is 23.3 Å². The zero-order valence-electron chi connectivity index (χ0n) is 14.8. The van der Waals surface area contributed by atoms with E-state index in [0.717, 1.165) is 28.9 Å². The Hall–Kier alpha value is -3.41. The van der Waals surface area contributed by atoms with E-state index in [1.807, 2.05) is 48.5 Å². The van der Waals surface area contributed by atoms with Crippen LogP contribution in [0.25, 0.3) is 5.69 Å². The Labute approximate surface area is 156 Å². The predicted octanol–water partition coefficient (Wildman–Crippen LogP) is 3.02. The molecule has 1 atom stereocenters. The largest absolute Gasteiger partial charge is 0.325 e. The van der Waals surface area contributed by atoms with E-state index in [0.29, 0.717) is 5.82 Å². The van der Waals surface area contributed by atoms with Gasteiger partial charge in [-0.1, -0.05) is 37.3 Å². The van der Waals surface area contributed by atoms with Crippen molar-refractivity contribution in [2.45, 2.75) is 25.2 Å². The third-order valence-electron chi connectivity index (χ3n) is 5.52. The number of carbonyl (C=O) groups is 2. The number of anilines is 2. The fourth-order valence-corrected chi connectivity index (χ4v) is 4.12. The van der Waals surface area contributed by atoms with Crippen molar-refractivity contribution < 1.29 is 9.59 Å². The highest BCUT2D eigenvalue weighted by Gasteiger charge is 2.54. The zero-order valence-corrected chi connectivity index (χ0v) is 14.8. The third kappa shape index (κ3) is 2.10. The van der Waals surface area contributed by atoms with Crippen LogP contribution in [-0.4, -0.2) is 21.6 Å². The number of rotatable bonds is 2. The van der Waals surface area contributed by atoms with E-state index >= 15 is 0 Å². The smallest absolute Gasteiger partial charge is 0.240 e. The maximum Gasteiger partial charge on any atom is 0.240 e. The number of benzene rings is 2. The van der Waals surface area contributed by atoms with E-state index in [9.17, 15) is 9.59 Å². The molecule has 1 aromatic heterocycles. The van der Waals surface area contributed by atoms with Gasteiger partial charge in [-0.3, -0.25) is 9.59 Å². The SMILES string of the molecule is CCc1ccc(-n2ncc3c2NC(=O)CC32C(=O)Nc3ccccc32)cc1. The van der Waals surface area contributed by atoms with Gasteiger partial charge in [-0.2, -0.15) is 5.10 Å². The molecule has 0 saturated heterocycles. The maximum absolute atomic E-state index is 13.0. The van der Waals surface area contributed by atoms with E-state index < -0.39 is 5.41 Å². The monoisotopic (exact) mass is 358 g/mol. The molecule has 1 spiro atoms. The number of amides is 2. The molecule has 6 nitrogen and oxygen atoms in total. The standard InChI is InChI=1S/C21H18N4O2/c1-2-13-7-9-14(10-8-13)25-19-16(12-22-25)21(11-18(26)24-19)15-5-3-4-6-17(15)23-20(21)27/h3-10,12H,2,11H2,1H3,(H,23,27)(H,24,26). The summed E-state index contributed by atoms with van der Waals surface area (Å²) in [5.74, 6) is 0.185. The number of nitrogens with zero attached hydrogens (tertiary/aromatic N) is 2. The number of nitrogens with one attached hydrogen (secondary N) is 2. The van der Waals surface area contributed by atoms with Gasteiger partial charge in [0.1, 0.15) is 11.2 Å². The van der Waals surface area contributed by atoms with Crippen molar-refractivity contribution in [3.8, 4) is 5.69 Å². The third-order valence-corrected chi connectivity index (χ3v) is 5.52. The van der Waals surface area contributed by atoms with Crippen molar-refractivity contribution in [3.63, 3.8) is 0 Å². The van der Waals surface area contributed by atoms with Crippen molar-refractivity contribution in [3.05, 3.63) is 71.4 Å². The first-order valence-corrected chi connectivity index (χ1v) is 9.02. The Balaban J connectivity index is 1.71. The van der Waals surface area contributed by atoms with Crippen LogP contribution in [0.2, 0.25) is 0 Å². The van der Waals surface area contributed by atoms with Crippen molar-refractivity contribution in [1.29, 1.82) is 0 Å². The summed E-state index contributed by atoms with van der Waals surface area (Å²) in [6.45, 7) is 2.10. The Morgan fingerprint density at radius 3 is 2.59 bits per heavy atom. The first kappa shape index (κ1) is 15.8. The van der Waals surface area contributed by atoms with Gasteiger partial charge in [-0.05, 0) is 35.7 Å². The Morgan fingerprint density at radius 1 is 1.04 bits per heavy atom. The second-order valence-corrected chi connectivity index (χ2v) is 6.97. The molecular formula is C21H18N4O2. The molecular weight excluding hydrogens is 340 g/mol. The molecule has 2 N–H and O–H groups in total. The molecule has 6 heteroatoms. The molecule has 2 amide bonds. The van der Waals surface area contributed by atoms with E-state index in [1.54, 1.807) is 10.9 Å². The van der Waals surface area contributed by atoms with Crippen LogP contribution in [0.5, 0.6) is 0 Å². The van der Waals surface area contributed by atoms with Crippen LogP contribution in [0.3, 0.4) is 0 Å². The predicted molar refractivity (Wildman–Crippen MR) is 102 cm³/mol. The van der Waals surface area contributed by atoms with Gasteiger partial charge in [0.15, 0.2) is 0 Å². The summed E-state index contributed by atoms with van der Waals surface area (Å²) in [6, 6.07) is 15.6. The zero-order chi connectivity index (χ0) is 18.6. The molecule has 3 heterocycles. The minimum absolute atomic E-state index is 0.0727. The highest BCUT2D eigenvalue weighted by Crippen LogP contribution is 2.49. The number of carbonyl (C=O) groups excluding carboxylic acids is 2. The van der Waals surface area contributed by atoms with Gasteiger partial charge in [0.2, 0.25) is 11.8 Å². The summed E-state index contributed by atoms with van der Waals surface area (Å²) < 4.78 is 1.70. The fraction of sp³-hybridized carbons (Fsp3) is 0.190. The van der Waals surface area contributed by atoms with Gasteiger partial charge in [0.05, 0.1) is 11.9 Å². The molecule has 1 unspecified atom stereocenters. The number of fused-ring (bicyclic) bond motifs is 4. The molecule has 0 fully saturated rings. The topological polar surface area (TPSA) is 76.0 Å². The number of hydrogen-bond acceptors (Lipinski definition) is 3. The van der Waals surface area contributed by atoms with Crippen molar-refractivity contribution in [2.75, 3.05) is 10.6 Å². The number of aromatic nitrogens is 2. The van der Waals surface area contributed by atoms with Gasteiger partial charge in [-0.25, -0.2) is 4.68 Å². The lowest BCUT2D eigenvalue weighted by Gasteiger charge is -2.31. The van der Waals surface area contributed by atoms with Gasteiger partial charge in [0.25, 0.3) is 0 Å². The van der Waals surface area contributed by atoms with Gasteiger partial charge < -0.3 is 10.6 Å². The molecule has 2 aromatic carbocycles. The lowest BCUT2D eigenvalue weighted by atomic mass is 9.72. The lowest BCUT2D eigenvalue weighted by molar-refractivity contribution is -0.125. The fourth-order valence-electron chi connectivity index (χ4n) is 4.12. The van der Waals surface area contributed by atoms with Gasteiger partial charge in [0, 0.05) is 17.7 Å². The number of aryl methyl sites for hydroxylation is 1. The summed E-state index contributed by atoms with van der Waals surface area (Å²) in [4.78, 5) is 25.6. The van der Waals surface area contributed by atoms with Crippen molar-refractivity contribution in [2.24, 2.45) is 0 Å². The lowest BCUT2D eigenvalue weighted by Crippen LogP contribution is -2.43. The summed E-state index contributed by atoms with van der Waals surface area (Å²) in [7, 11) is 0. The van der Waals surface area contributed by atoms with E-state index in [-0.39, 0.29) is 18.2 Å². The maximum atomic E-state index is 13.0. The quantitative estimate of drug-likeness (QED) is 0.739. The highest BCUT2D eigenvalue weighted by molar-refractivity contribution is 6.14. The first-order valence-electron chi connectivity index (χ1n) is 9.02. The second kappa shape index (κ2) is 5.54. The molecule has 134 valence electrons. The van der Waals surface area contributed by atoms with E-state index in [1.165, 1.54) is 5.56 Å². The van der Waals surface area contributed by atoms with Crippen molar-refractivity contribution in [1.82, 2.24) is 9.78 Å². The van der Waals surface area contributed by atoms with Crippen LogP contribution < -0.4 is 10.6 Å². The minimum atomic E-state index is -1.03. The summed E-state index contributed by atoms with van der Waals surface area (Å²) >= 11 is 0. The molecule has 3 aromatic rings. The van der Waals surface area contributed by atoms with Crippen LogP contribution in [0, 0.1) is 0 Å². The molecule has 5 rings (SSSR count). The first-order chi connectivity index (χ1) is 13.1. The Morgan fingerprint density at radius 2 is 1.81 bits per heavy atom. The molecule has 2 aliphatic heterocycles. The second-order valence-electron chi connectivity index (χ2n) is 6.97. The number of para-hydroxylation sites is 1.